The molecule has 0 amide bonds. The number of aromatic nitrogens is 2. The van der Waals surface area contributed by atoms with E-state index in [1.807, 2.05) is 12.1 Å². The Morgan fingerprint density at radius 3 is 3.00 bits per heavy atom. The van der Waals surface area contributed by atoms with Gasteiger partial charge < -0.3 is 9.55 Å². The molecule has 0 spiro atoms. The molecule has 2 saturated heterocycles. The van der Waals surface area contributed by atoms with Gasteiger partial charge in [0.1, 0.15) is 6.07 Å². The highest BCUT2D eigenvalue weighted by Crippen LogP contribution is 2.38. The van der Waals surface area contributed by atoms with Crippen molar-refractivity contribution in [1.29, 1.82) is 5.26 Å². The number of para-hydroxylation sites is 1. The van der Waals surface area contributed by atoms with Gasteiger partial charge in [-0.2, -0.15) is 5.26 Å². The minimum atomic E-state index is 0.452. The number of nitrogens with zero attached hydrogens (tertiary/aromatic N) is 3. The van der Waals surface area contributed by atoms with Gasteiger partial charge in [-0.25, -0.2) is 0 Å². The van der Waals surface area contributed by atoms with Crippen molar-refractivity contribution in [2.45, 2.75) is 31.3 Å². The summed E-state index contributed by atoms with van der Waals surface area (Å²) < 4.78 is 3.00. The SMILES string of the molecule is N#Cc1cccc2c1[nH]c(=S)n2C1CCN2CCCC12. The third-order valence-electron chi connectivity index (χ3n) is 4.78. The molecular formula is C15H16N4S. The maximum Gasteiger partial charge on any atom is 0.178 e. The lowest BCUT2D eigenvalue weighted by atomic mass is 10.1. The van der Waals surface area contributed by atoms with E-state index in [-0.39, 0.29) is 0 Å². The standard InChI is InChI=1S/C15H16N4S/c16-9-10-3-1-4-13-14(10)17-15(20)19(13)12-6-8-18-7-2-5-11(12)18/h1,3-4,11-12H,2,5-8H2,(H,17,20). The van der Waals surface area contributed by atoms with Gasteiger partial charge in [-0.3, -0.25) is 4.90 Å². The predicted octanol–water partition coefficient (Wildman–Crippen LogP) is 2.98. The summed E-state index contributed by atoms with van der Waals surface area (Å²) >= 11 is 5.54. The topological polar surface area (TPSA) is 47.8 Å². The summed E-state index contributed by atoms with van der Waals surface area (Å²) in [5.41, 5.74) is 2.64. The van der Waals surface area contributed by atoms with E-state index in [4.69, 9.17) is 12.2 Å². The van der Waals surface area contributed by atoms with Gasteiger partial charge in [0.15, 0.2) is 4.77 Å². The lowest BCUT2D eigenvalue weighted by Crippen LogP contribution is -2.27. The first-order valence-electron chi connectivity index (χ1n) is 7.17. The zero-order valence-electron chi connectivity index (χ0n) is 11.2. The number of nitrogens with one attached hydrogen (secondary N) is 1. The Balaban J connectivity index is 1.90. The highest BCUT2D eigenvalue weighted by atomic mass is 32.1. The van der Waals surface area contributed by atoms with E-state index in [0.717, 1.165) is 22.2 Å². The van der Waals surface area contributed by atoms with Gasteiger partial charge in [-0.1, -0.05) is 6.07 Å². The van der Waals surface area contributed by atoms with Crippen LogP contribution in [0, 0.1) is 16.1 Å². The summed E-state index contributed by atoms with van der Waals surface area (Å²) in [6.45, 7) is 2.39. The summed E-state index contributed by atoms with van der Waals surface area (Å²) in [7, 11) is 0. The molecular weight excluding hydrogens is 268 g/mol. The minimum absolute atomic E-state index is 0.452. The monoisotopic (exact) mass is 284 g/mol. The number of benzene rings is 1. The van der Waals surface area contributed by atoms with Crippen molar-refractivity contribution >= 4 is 23.3 Å². The first-order chi connectivity index (χ1) is 9.79. The van der Waals surface area contributed by atoms with E-state index in [0.29, 0.717) is 17.6 Å². The fourth-order valence-electron chi connectivity index (χ4n) is 3.93. The third kappa shape index (κ3) is 1.58. The number of H-pyrrole nitrogens is 1. The summed E-state index contributed by atoms with van der Waals surface area (Å²) in [6.07, 6.45) is 3.71. The van der Waals surface area contributed by atoms with Gasteiger partial charge in [-0.05, 0) is 50.2 Å². The van der Waals surface area contributed by atoms with Crippen LogP contribution in [0.2, 0.25) is 0 Å². The van der Waals surface area contributed by atoms with Crippen LogP contribution in [0.5, 0.6) is 0 Å². The van der Waals surface area contributed by atoms with E-state index in [2.05, 4.69) is 26.6 Å². The molecule has 5 heteroatoms. The van der Waals surface area contributed by atoms with Crippen LogP contribution in [0.1, 0.15) is 30.9 Å². The van der Waals surface area contributed by atoms with Crippen molar-refractivity contribution in [3.8, 4) is 6.07 Å². The van der Waals surface area contributed by atoms with Gasteiger partial charge in [0.25, 0.3) is 0 Å². The van der Waals surface area contributed by atoms with Crippen LogP contribution in [0.4, 0.5) is 0 Å². The average molecular weight is 284 g/mol. The first-order valence-corrected chi connectivity index (χ1v) is 7.58. The van der Waals surface area contributed by atoms with Crippen LogP contribution in [0.25, 0.3) is 11.0 Å². The van der Waals surface area contributed by atoms with E-state index in [1.54, 1.807) is 0 Å². The van der Waals surface area contributed by atoms with Crippen molar-refractivity contribution < 1.29 is 0 Å². The normalized spacial score (nSPS) is 25.9. The second-order valence-corrected chi connectivity index (χ2v) is 6.10. The summed E-state index contributed by atoms with van der Waals surface area (Å²) in [5.74, 6) is 0. The molecule has 1 aromatic carbocycles. The van der Waals surface area contributed by atoms with E-state index in [9.17, 15) is 5.26 Å². The summed E-state index contributed by atoms with van der Waals surface area (Å²) in [5, 5.41) is 9.23. The van der Waals surface area contributed by atoms with Crippen LogP contribution in [0.3, 0.4) is 0 Å². The van der Waals surface area contributed by atoms with Crippen molar-refractivity contribution in [3.63, 3.8) is 0 Å². The van der Waals surface area contributed by atoms with Crippen LogP contribution < -0.4 is 0 Å². The van der Waals surface area contributed by atoms with Gasteiger partial charge in [0.2, 0.25) is 0 Å². The fraction of sp³-hybridized carbons (Fsp3) is 0.467. The average Bonchev–Trinajstić information content (AvgIpc) is 3.11. The Morgan fingerprint density at radius 2 is 2.15 bits per heavy atom. The number of aromatic amines is 1. The highest BCUT2D eigenvalue weighted by molar-refractivity contribution is 7.71. The zero-order chi connectivity index (χ0) is 13.7. The number of hydrogen-bond donors (Lipinski definition) is 1. The molecule has 4 nitrogen and oxygen atoms in total. The van der Waals surface area contributed by atoms with Gasteiger partial charge in [-0.15, -0.1) is 0 Å². The van der Waals surface area contributed by atoms with Crippen molar-refractivity contribution in [2.75, 3.05) is 13.1 Å². The van der Waals surface area contributed by atoms with E-state index in [1.165, 1.54) is 25.9 Å². The fourth-order valence-corrected chi connectivity index (χ4v) is 4.26. The molecule has 0 saturated carbocycles. The van der Waals surface area contributed by atoms with Crippen molar-refractivity contribution in [3.05, 3.63) is 28.5 Å². The molecule has 20 heavy (non-hydrogen) atoms. The molecule has 2 aliphatic rings. The maximum atomic E-state index is 9.23. The lowest BCUT2D eigenvalue weighted by molar-refractivity contribution is 0.291. The number of imidazole rings is 1. The van der Waals surface area contributed by atoms with E-state index >= 15 is 0 Å². The van der Waals surface area contributed by atoms with Gasteiger partial charge in [0, 0.05) is 12.6 Å². The highest BCUT2D eigenvalue weighted by Gasteiger charge is 2.38. The predicted molar refractivity (Wildman–Crippen MR) is 80.1 cm³/mol. The molecule has 0 bridgehead atoms. The molecule has 102 valence electrons. The molecule has 1 aromatic heterocycles. The number of hydrogen-bond acceptors (Lipinski definition) is 3. The Kier molecular flexibility index (Phi) is 2.69. The smallest absolute Gasteiger partial charge is 0.178 e. The Hall–Kier alpha value is -1.64. The second kappa shape index (κ2) is 4.44. The Morgan fingerprint density at radius 1 is 1.25 bits per heavy atom. The second-order valence-electron chi connectivity index (χ2n) is 5.71. The molecule has 4 rings (SSSR count). The van der Waals surface area contributed by atoms with Gasteiger partial charge in [0.05, 0.1) is 22.6 Å². The first kappa shape index (κ1) is 12.1. The van der Waals surface area contributed by atoms with E-state index < -0.39 is 0 Å². The number of fused-ring (bicyclic) bond motifs is 2. The summed E-state index contributed by atoms with van der Waals surface area (Å²) in [4.78, 5) is 5.82. The largest absolute Gasteiger partial charge is 0.329 e. The van der Waals surface area contributed by atoms with Crippen LogP contribution in [-0.4, -0.2) is 33.6 Å². The zero-order valence-corrected chi connectivity index (χ0v) is 12.0. The van der Waals surface area contributed by atoms with Crippen LogP contribution in [0.15, 0.2) is 18.2 Å². The van der Waals surface area contributed by atoms with Crippen LogP contribution >= 0.6 is 12.2 Å². The Bertz CT molecular complexity index is 766. The van der Waals surface area contributed by atoms with Gasteiger partial charge >= 0.3 is 0 Å². The van der Waals surface area contributed by atoms with Crippen molar-refractivity contribution in [1.82, 2.24) is 14.5 Å². The third-order valence-corrected chi connectivity index (χ3v) is 5.07. The molecule has 1 N–H and O–H groups in total. The van der Waals surface area contributed by atoms with Crippen LogP contribution in [-0.2, 0) is 0 Å². The quantitative estimate of drug-likeness (QED) is 0.819. The molecule has 0 aliphatic carbocycles. The maximum absolute atomic E-state index is 9.23. The lowest BCUT2D eigenvalue weighted by Gasteiger charge is -2.22. The van der Waals surface area contributed by atoms with Crippen molar-refractivity contribution in [2.24, 2.45) is 0 Å². The molecule has 2 atom stereocenters. The minimum Gasteiger partial charge on any atom is -0.329 e. The molecule has 0 radical (unpaired) electrons. The number of nitriles is 1. The molecule has 3 heterocycles. The molecule has 2 aliphatic heterocycles. The molecule has 2 fully saturated rings. The number of rotatable bonds is 1. The molecule has 2 aromatic rings. The summed E-state index contributed by atoms with van der Waals surface area (Å²) in [6, 6.07) is 9.17. The molecule has 2 unspecified atom stereocenters. The Labute approximate surface area is 122 Å².